The van der Waals surface area contributed by atoms with Crippen molar-refractivity contribution in [2.45, 2.75) is 0 Å². The highest BCUT2D eigenvalue weighted by Crippen LogP contribution is 2.25. The predicted octanol–water partition coefficient (Wildman–Crippen LogP) is 5.45. The van der Waals surface area contributed by atoms with E-state index in [4.69, 9.17) is 11.6 Å². The van der Waals surface area contributed by atoms with Crippen LogP contribution in [0.1, 0.15) is 10.4 Å². The summed E-state index contributed by atoms with van der Waals surface area (Å²) in [7, 11) is 0. The number of carbonyl (C=O) groups excluding carboxylic acids is 1. The van der Waals surface area contributed by atoms with Gasteiger partial charge in [-0.1, -0.05) is 66.2 Å². The van der Waals surface area contributed by atoms with E-state index < -0.39 is 0 Å². The number of nitrogens with zero attached hydrogens (tertiary/aromatic N) is 2. The third-order valence-corrected chi connectivity index (χ3v) is 4.34. The second-order valence-electron chi connectivity index (χ2n) is 6.00. The van der Waals surface area contributed by atoms with Crippen molar-refractivity contribution in [3.63, 3.8) is 0 Å². The molecule has 0 bridgehead atoms. The molecule has 1 N–H and O–H groups in total. The zero-order chi connectivity index (χ0) is 18.6. The predicted molar refractivity (Wildman–Crippen MR) is 108 cm³/mol. The average Bonchev–Trinajstić information content (AvgIpc) is 3.15. The zero-order valence-electron chi connectivity index (χ0n) is 14.3. The number of amides is 1. The van der Waals surface area contributed by atoms with Crippen LogP contribution in [-0.4, -0.2) is 15.7 Å². The Morgan fingerprint density at radius 3 is 2.30 bits per heavy atom. The fraction of sp³-hybridized carbons (Fsp3) is 0. The van der Waals surface area contributed by atoms with Crippen LogP contribution in [0.4, 0.5) is 5.69 Å². The molecule has 3 aromatic carbocycles. The van der Waals surface area contributed by atoms with Crippen molar-refractivity contribution < 1.29 is 4.79 Å². The molecule has 1 aromatic heterocycles. The Kier molecular flexibility index (Phi) is 4.73. The molecule has 0 aliphatic carbocycles. The SMILES string of the molecule is O=C(Nc1cccc(Cl)c1)c1cn(-c2ccccc2)nc1-c1ccccc1. The van der Waals surface area contributed by atoms with Gasteiger partial charge in [0.15, 0.2) is 0 Å². The highest BCUT2D eigenvalue weighted by atomic mass is 35.5. The van der Waals surface area contributed by atoms with Gasteiger partial charge in [-0.2, -0.15) is 5.10 Å². The number of halogens is 1. The van der Waals surface area contributed by atoms with Crippen LogP contribution in [0, 0.1) is 0 Å². The van der Waals surface area contributed by atoms with Crippen molar-refractivity contribution in [2.24, 2.45) is 0 Å². The van der Waals surface area contributed by atoms with Crippen LogP contribution >= 0.6 is 11.6 Å². The minimum atomic E-state index is -0.238. The van der Waals surface area contributed by atoms with Gasteiger partial charge in [-0.05, 0) is 30.3 Å². The van der Waals surface area contributed by atoms with Gasteiger partial charge in [-0.3, -0.25) is 4.79 Å². The number of aromatic nitrogens is 2. The second kappa shape index (κ2) is 7.48. The third-order valence-electron chi connectivity index (χ3n) is 4.11. The number of para-hydroxylation sites is 1. The van der Waals surface area contributed by atoms with Crippen LogP contribution in [0.2, 0.25) is 5.02 Å². The van der Waals surface area contributed by atoms with Gasteiger partial charge in [0.1, 0.15) is 5.69 Å². The van der Waals surface area contributed by atoms with Gasteiger partial charge in [0.2, 0.25) is 0 Å². The highest BCUT2D eigenvalue weighted by molar-refractivity contribution is 6.31. The molecule has 0 aliphatic rings. The highest BCUT2D eigenvalue weighted by Gasteiger charge is 2.18. The van der Waals surface area contributed by atoms with Gasteiger partial charge in [0.25, 0.3) is 5.91 Å². The zero-order valence-corrected chi connectivity index (χ0v) is 15.1. The van der Waals surface area contributed by atoms with E-state index in [1.807, 2.05) is 60.7 Å². The Morgan fingerprint density at radius 2 is 1.59 bits per heavy atom. The van der Waals surface area contributed by atoms with Crippen molar-refractivity contribution >= 4 is 23.2 Å². The van der Waals surface area contributed by atoms with Crippen LogP contribution < -0.4 is 5.32 Å². The first-order valence-electron chi connectivity index (χ1n) is 8.48. The third kappa shape index (κ3) is 3.76. The molecule has 0 spiro atoms. The van der Waals surface area contributed by atoms with E-state index in [1.54, 1.807) is 35.1 Å². The summed E-state index contributed by atoms with van der Waals surface area (Å²) in [5, 5.41) is 8.12. The Hall–Kier alpha value is -3.37. The summed E-state index contributed by atoms with van der Waals surface area (Å²) in [5.74, 6) is -0.238. The summed E-state index contributed by atoms with van der Waals surface area (Å²) >= 11 is 6.02. The maximum atomic E-state index is 13.0. The van der Waals surface area contributed by atoms with Crippen molar-refractivity contribution in [3.8, 4) is 16.9 Å². The van der Waals surface area contributed by atoms with Gasteiger partial charge in [0.05, 0.1) is 11.3 Å². The molecule has 0 unspecified atom stereocenters. The molecule has 1 heterocycles. The molecule has 27 heavy (non-hydrogen) atoms. The summed E-state index contributed by atoms with van der Waals surface area (Å²) in [5.41, 5.74) is 3.52. The maximum Gasteiger partial charge on any atom is 0.259 e. The number of nitrogens with one attached hydrogen (secondary N) is 1. The standard InChI is InChI=1S/C22H16ClN3O/c23-17-10-7-11-18(14-17)24-22(27)20-15-26(19-12-5-2-6-13-19)25-21(20)16-8-3-1-4-9-16/h1-15H,(H,24,27). The number of rotatable bonds is 4. The molecule has 0 saturated heterocycles. The van der Waals surface area contributed by atoms with Gasteiger partial charge >= 0.3 is 0 Å². The largest absolute Gasteiger partial charge is 0.322 e. The van der Waals surface area contributed by atoms with Crippen molar-refractivity contribution in [1.29, 1.82) is 0 Å². The quantitative estimate of drug-likeness (QED) is 0.517. The summed E-state index contributed by atoms with van der Waals surface area (Å²) < 4.78 is 1.72. The lowest BCUT2D eigenvalue weighted by molar-refractivity contribution is 0.102. The molecule has 0 aliphatic heterocycles. The average molecular weight is 374 g/mol. The topological polar surface area (TPSA) is 46.9 Å². The number of hydrogen-bond donors (Lipinski definition) is 1. The first-order valence-corrected chi connectivity index (χ1v) is 8.86. The van der Waals surface area contributed by atoms with E-state index in [-0.39, 0.29) is 5.91 Å². The minimum absolute atomic E-state index is 0.238. The molecule has 4 rings (SSSR count). The van der Waals surface area contributed by atoms with Crippen LogP contribution in [0.3, 0.4) is 0 Å². The number of carbonyl (C=O) groups is 1. The maximum absolute atomic E-state index is 13.0. The van der Waals surface area contributed by atoms with Crippen molar-refractivity contribution in [1.82, 2.24) is 9.78 Å². The van der Waals surface area contributed by atoms with Crippen LogP contribution in [-0.2, 0) is 0 Å². The molecule has 132 valence electrons. The van der Waals surface area contributed by atoms with Crippen molar-refractivity contribution in [2.75, 3.05) is 5.32 Å². The second-order valence-corrected chi connectivity index (χ2v) is 6.44. The molecule has 4 nitrogen and oxygen atoms in total. The Labute approximate surface area is 162 Å². The fourth-order valence-corrected chi connectivity index (χ4v) is 3.02. The van der Waals surface area contributed by atoms with E-state index in [9.17, 15) is 4.79 Å². The number of anilines is 1. The molecular weight excluding hydrogens is 358 g/mol. The Morgan fingerprint density at radius 1 is 0.889 bits per heavy atom. The van der Waals surface area contributed by atoms with Gasteiger partial charge in [-0.25, -0.2) is 4.68 Å². The minimum Gasteiger partial charge on any atom is -0.322 e. The van der Waals surface area contributed by atoms with Crippen molar-refractivity contribution in [3.05, 3.63) is 102 Å². The van der Waals surface area contributed by atoms with E-state index in [0.717, 1.165) is 11.3 Å². The molecule has 0 saturated carbocycles. The first kappa shape index (κ1) is 17.1. The smallest absolute Gasteiger partial charge is 0.259 e. The lowest BCUT2D eigenvalue weighted by atomic mass is 10.1. The molecular formula is C22H16ClN3O. The van der Waals surface area contributed by atoms with E-state index >= 15 is 0 Å². The molecule has 0 radical (unpaired) electrons. The lowest BCUT2D eigenvalue weighted by Gasteiger charge is -2.05. The number of hydrogen-bond acceptors (Lipinski definition) is 2. The Balaban J connectivity index is 1.76. The van der Waals surface area contributed by atoms with E-state index in [2.05, 4.69) is 10.4 Å². The van der Waals surface area contributed by atoms with Gasteiger partial charge in [0, 0.05) is 22.5 Å². The van der Waals surface area contributed by atoms with E-state index in [0.29, 0.717) is 22.0 Å². The Bertz CT molecular complexity index is 1080. The summed E-state index contributed by atoms with van der Waals surface area (Å²) in [6.45, 7) is 0. The van der Waals surface area contributed by atoms with Crippen LogP contribution in [0.15, 0.2) is 91.1 Å². The fourth-order valence-electron chi connectivity index (χ4n) is 2.83. The lowest BCUT2D eigenvalue weighted by Crippen LogP contribution is -2.12. The summed E-state index contributed by atoms with van der Waals surface area (Å²) in [4.78, 5) is 13.0. The van der Waals surface area contributed by atoms with Gasteiger partial charge < -0.3 is 5.32 Å². The summed E-state index contributed by atoms with van der Waals surface area (Å²) in [6, 6.07) is 26.4. The van der Waals surface area contributed by atoms with Crippen LogP contribution in [0.5, 0.6) is 0 Å². The summed E-state index contributed by atoms with van der Waals surface area (Å²) in [6.07, 6.45) is 1.75. The molecule has 5 heteroatoms. The molecule has 0 atom stereocenters. The molecule has 4 aromatic rings. The first-order chi connectivity index (χ1) is 13.2. The van der Waals surface area contributed by atoms with Gasteiger partial charge in [-0.15, -0.1) is 0 Å². The van der Waals surface area contributed by atoms with E-state index in [1.165, 1.54) is 0 Å². The van der Waals surface area contributed by atoms with Crippen LogP contribution in [0.25, 0.3) is 16.9 Å². The molecule has 1 amide bonds. The molecule has 0 fully saturated rings. The normalized spacial score (nSPS) is 10.6. The number of benzene rings is 3. The monoisotopic (exact) mass is 373 g/mol.